The van der Waals surface area contributed by atoms with E-state index >= 15 is 0 Å². The van der Waals surface area contributed by atoms with Crippen molar-refractivity contribution < 1.29 is 14.3 Å². The highest BCUT2D eigenvalue weighted by molar-refractivity contribution is 5.98. The lowest BCUT2D eigenvalue weighted by molar-refractivity contribution is -0.132. The Morgan fingerprint density at radius 1 is 1.22 bits per heavy atom. The minimum atomic E-state index is -0.0129. The summed E-state index contributed by atoms with van der Waals surface area (Å²) in [4.78, 5) is 31.4. The third-order valence-electron chi connectivity index (χ3n) is 5.21. The standard InChI is InChI=1S/C21H27N3O3/c1-3-23-14-12-22-21(23)17-5-4-13-24(15-17)20(26)11-10-19(25)16-6-8-18(27-2)9-7-16/h6-9,12,14,17H,3-5,10-11,13,15H2,1-2H3/t17-/m1/s1. The molecular formula is C21H27N3O3. The van der Waals surface area contributed by atoms with Gasteiger partial charge >= 0.3 is 0 Å². The highest BCUT2D eigenvalue weighted by Crippen LogP contribution is 2.26. The van der Waals surface area contributed by atoms with E-state index in [0.29, 0.717) is 17.9 Å². The average molecular weight is 369 g/mol. The van der Waals surface area contributed by atoms with Crippen molar-refractivity contribution in [3.63, 3.8) is 0 Å². The van der Waals surface area contributed by atoms with Crippen LogP contribution in [0, 0.1) is 0 Å². The first-order valence-corrected chi connectivity index (χ1v) is 9.58. The molecule has 1 atom stereocenters. The number of piperidine rings is 1. The Morgan fingerprint density at radius 3 is 2.70 bits per heavy atom. The molecule has 3 rings (SSSR count). The van der Waals surface area contributed by atoms with Crippen LogP contribution in [0.1, 0.15) is 54.7 Å². The highest BCUT2D eigenvalue weighted by Gasteiger charge is 2.27. The summed E-state index contributed by atoms with van der Waals surface area (Å²) in [6.07, 6.45) is 6.32. The predicted octanol–water partition coefficient (Wildman–Crippen LogP) is 3.28. The Kier molecular flexibility index (Phi) is 6.27. The smallest absolute Gasteiger partial charge is 0.223 e. The Bertz CT molecular complexity index is 782. The molecule has 0 saturated carbocycles. The lowest BCUT2D eigenvalue weighted by Gasteiger charge is -2.32. The van der Waals surface area contributed by atoms with E-state index in [4.69, 9.17) is 4.74 Å². The van der Waals surface area contributed by atoms with Gasteiger partial charge in [0.25, 0.3) is 0 Å². The topological polar surface area (TPSA) is 64.4 Å². The van der Waals surface area contributed by atoms with Gasteiger partial charge in [-0.1, -0.05) is 0 Å². The number of carbonyl (C=O) groups excluding carboxylic acids is 2. The molecule has 1 fully saturated rings. The van der Waals surface area contributed by atoms with E-state index in [-0.39, 0.29) is 30.4 Å². The van der Waals surface area contributed by atoms with Gasteiger partial charge in [0.2, 0.25) is 5.91 Å². The van der Waals surface area contributed by atoms with Crippen molar-refractivity contribution in [1.82, 2.24) is 14.5 Å². The maximum atomic E-state index is 12.6. The number of ketones is 1. The third kappa shape index (κ3) is 4.56. The van der Waals surface area contributed by atoms with Gasteiger partial charge < -0.3 is 14.2 Å². The molecule has 0 spiro atoms. The number of imidazole rings is 1. The Morgan fingerprint density at radius 2 is 2.00 bits per heavy atom. The third-order valence-corrected chi connectivity index (χ3v) is 5.21. The minimum Gasteiger partial charge on any atom is -0.497 e. The number of amides is 1. The molecule has 2 heterocycles. The van der Waals surface area contributed by atoms with Crippen LogP contribution in [-0.2, 0) is 11.3 Å². The van der Waals surface area contributed by atoms with E-state index in [2.05, 4.69) is 16.5 Å². The zero-order valence-corrected chi connectivity index (χ0v) is 16.1. The minimum absolute atomic E-state index is 0.0129. The van der Waals surface area contributed by atoms with E-state index in [1.165, 1.54) is 0 Å². The molecule has 6 nitrogen and oxygen atoms in total. The molecule has 0 unspecified atom stereocenters. The van der Waals surface area contributed by atoms with Gasteiger partial charge in [-0.3, -0.25) is 9.59 Å². The number of rotatable bonds is 7. The number of hydrogen-bond donors (Lipinski definition) is 0. The summed E-state index contributed by atoms with van der Waals surface area (Å²) in [5.41, 5.74) is 0.616. The van der Waals surface area contributed by atoms with Crippen molar-refractivity contribution in [1.29, 1.82) is 0 Å². The fourth-order valence-electron chi connectivity index (χ4n) is 3.66. The SMILES string of the molecule is CCn1ccnc1[C@@H]1CCCN(C(=O)CCC(=O)c2ccc(OC)cc2)C1. The molecule has 0 N–H and O–H groups in total. The van der Waals surface area contributed by atoms with Crippen molar-refractivity contribution in [2.75, 3.05) is 20.2 Å². The molecule has 1 amide bonds. The molecule has 1 aromatic carbocycles. The monoisotopic (exact) mass is 369 g/mol. The summed E-state index contributed by atoms with van der Waals surface area (Å²) in [6, 6.07) is 7.01. The number of likely N-dealkylation sites (tertiary alicyclic amines) is 1. The molecule has 1 aromatic heterocycles. The second-order valence-corrected chi connectivity index (χ2v) is 6.90. The van der Waals surface area contributed by atoms with Gasteiger partial charge in [-0.05, 0) is 44.0 Å². The number of hydrogen-bond acceptors (Lipinski definition) is 4. The van der Waals surface area contributed by atoms with Crippen LogP contribution in [0.5, 0.6) is 5.75 Å². The number of aryl methyl sites for hydroxylation is 1. The van der Waals surface area contributed by atoms with E-state index in [1.807, 2.05) is 17.3 Å². The van der Waals surface area contributed by atoms with Crippen molar-refractivity contribution in [3.05, 3.63) is 48.0 Å². The summed E-state index contributed by atoms with van der Waals surface area (Å²) in [5, 5.41) is 0. The summed E-state index contributed by atoms with van der Waals surface area (Å²) in [5.74, 6) is 2.09. The first kappa shape index (κ1) is 19.1. The number of carbonyl (C=O) groups is 2. The molecule has 0 radical (unpaired) electrons. The largest absolute Gasteiger partial charge is 0.497 e. The van der Waals surface area contributed by atoms with Gasteiger partial charge in [0.15, 0.2) is 5.78 Å². The molecule has 1 aliphatic heterocycles. The molecule has 1 aliphatic rings. The van der Waals surface area contributed by atoms with Crippen LogP contribution in [0.2, 0.25) is 0 Å². The fraction of sp³-hybridized carbons (Fsp3) is 0.476. The maximum absolute atomic E-state index is 12.6. The number of nitrogens with zero attached hydrogens (tertiary/aromatic N) is 3. The number of Topliss-reactive ketones (excluding diaryl/α,β-unsaturated/α-hetero) is 1. The van der Waals surface area contributed by atoms with Crippen molar-refractivity contribution in [2.24, 2.45) is 0 Å². The highest BCUT2D eigenvalue weighted by atomic mass is 16.5. The normalized spacial score (nSPS) is 17.0. The molecule has 1 saturated heterocycles. The van der Waals surface area contributed by atoms with Gasteiger partial charge in [0.1, 0.15) is 11.6 Å². The van der Waals surface area contributed by atoms with E-state index in [0.717, 1.165) is 31.8 Å². The van der Waals surface area contributed by atoms with Gasteiger partial charge in [0, 0.05) is 56.4 Å². The molecular weight excluding hydrogens is 342 g/mol. The summed E-state index contributed by atoms with van der Waals surface area (Å²) in [7, 11) is 1.59. The second-order valence-electron chi connectivity index (χ2n) is 6.90. The van der Waals surface area contributed by atoms with Crippen LogP contribution in [0.4, 0.5) is 0 Å². The molecule has 144 valence electrons. The van der Waals surface area contributed by atoms with Crippen LogP contribution in [0.25, 0.3) is 0 Å². The summed E-state index contributed by atoms with van der Waals surface area (Å²) in [6.45, 7) is 4.43. The number of ether oxygens (including phenoxy) is 1. The van der Waals surface area contributed by atoms with Gasteiger partial charge in [-0.25, -0.2) is 4.98 Å². The fourth-order valence-corrected chi connectivity index (χ4v) is 3.66. The quantitative estimate of drug-likeness (QED) is 0.703. The van der Waals surface area contributed by atoms with Crippen LogP contribution in [0.3, 0.4) is 0 Å². The van der Waals surface area contributed by atoms with Gasteiger partial charge in [0.05, 0.1) is 7.11 Å². The zero-order valence-electron chi connectivity index (χ0n) is 16.1. The maximum Gasteiger partial charge on any atom is 0.223 e. The Labute approximate surface area is 160 Å². The number of benzene rings is 1. The number of methoxy groups -OCH3 is 1. The first-order valence-electron chi connectivity index (χ1n) is 9.58. The molecule has 0 aliphatic carbocycles. The van der Waals surface area contributed by atoms with E-state index < -0.39 is 0 Å². The zero-order chi connectivity index (χ0) is 19.2. The van der Waals surface area contributed by atoms with Crippen LogP contribution in [0.15, 0.2) is 36.7 Å². The lowest BCUT2D eigenvalue weighted by atomic mass is 9.96. The molecule has 2 aromatic rings. The summed E-state index contributed by atoms with van der Waals surface area (Å²) < 4.78 is 7.25. The molecule has 27 heavy (non-hydrogen) atoms. The van der Waals surface area contributed by atoms with Gasteiger partial charge in [-0.15, -0.1) is 0 Å². The van der Waals surface area contributed by atoms with Crippen molar-refractivity contribution in [3.8, 4) is 5.75 Å². The first-order chi connectivity index (χ1) is 13.1. The Balaban J connectivity index is 1.55. The van der Waals surface area contributed by atoms with Crippen molar-refractivity contribution >= 4 is 11.7 Å². The molecule has 6 heteroatoms. The van der Waals surface area contributed by atoms with Gasteiger partial charge in [-0.2, -0.15) is 0 Å². The van der Waals surface area contributed by atoms with E-state index in [9.17, 15) is 9.59 Å². The summed E-state index contributed by atoms with van der Waals surface area (Å²) >= 11 is 0. The van der Waals surface area contributed by atoms with Crippen LogP contribution >= 0.6 is 0 Å². The average Bonchev–Trinajstić information content (AvgIpc) is 3.21. The Hall–Kier alpha value is -2.63. The molecule has 0 bridgehead atoms. The van der Waals surface area contributed by atoms with E-state index in [1.54, 1.807) is 31.4 Å². The lowest BCUT2D eigenvalue weighted by Crippen LogP contribution is -2.39. The van der Waals surface area contributed by atoms with Crippen molar-refractivity contribution in [2.45, 2.75) is 45.1 Å². The predicted molar refractivity (Wildman–Crippen MR) is 103 cm³/mol. The van der Waals surface area contributed by atoms with Crippen LogP contribution < -0.4 is 4.74 Å². The second kappa shape index (κ2) is 8.84. The number of aromatic nitrogens is 2. The van der Waals surface area contributed by atoms with Crippen LogP contribution in [-0.4, -0.2) is 46.3 Å².